The van der Waals surface area contributed by atoms with E-state index in [2.05, 4.69) is 92.0 Å². The van der Waals surface area contributed by atoms with Crippen molar-refractivity contribution in [3.63, 3.8) is 0 Å². The number of rotatable bonds is 6. The quantitative estimate of drug-likeness (QED) is 0.324. The first-order chi connectivity index (χ1) is 13.5. The van der Waals surface area contributed by atoms with Gasteiger partial charge < -0.3 is 16.6 Å². The summed E-state index contributed by atoms with van der Waals surface area (Å²) in [5.74, 6) is 4.92. The first-order valence-electron chi connectivity index (χ1n) is 9.94. The van der Waals surface area contributed by atoms with Gasteiger partial charge in [0.05, 0.1) is 17.1 Å². The number of aryl methyl sites for hydroxylation is 1. The summed E-state index contributed by atoms with van der Waals surface area (Å²) in [7, 11) is 0. The van der Waals surface area contributed by atoms with Gasteiger partial charge >= 0.3 is 0 Å². The van der Waals surface area contributed by atoms with Gasteiger partial charge in [-0.2, -0.15) is 0 Å². The lowest BCUT2D eigenvalue weighted by Gasteiger charge is -2.30. The van der Waals surface area contributed by atoms with E-state index in [0.29, 0.717) is 24.8 Å². The monoisotopic (exact) mass is 408 g/mol. The predicted molar refractivity (Wildman–Crippen MR) is 118 cm³/mol. The van der Waals surface area contributed by atoms with Crippen LogP contribution in [0.2, 0.25) is 0 Å². The minimum atomic E-state index is 0.0338. The summed E-state index contributed by atoms with van der Waals surface area (Å²) in [6.07, 6.45) is 5.21. The molecule has 0 spiro atoms. The van der Waals surface area contributed by atoms with Crippen molar-refractivity contribution >= 4 is 0 Å². The van der Waals surface area contributed by atoms with Crippen molar-refractivity contribution in [3.05, 3.63) is 36.1 Å². The van der Waals surface area contributed by atoms with Crippen molar-refractivity contribution in [3.8, 4) is 0 Å². The third-order valence-corrected chi connectivity index (χ3v) is 3.34. The fourth-order valence-electron chi connectivity index (χ4n) is 1.88. The molecule has 2 heterocycles. The molecule has 166 valence electrons. The fraction of sp³-hybridized carbons (Fsp3) is 0.684. The average molecular weight is 409 g/mol. The van der Waals surface area contributed by atoms with Crippen molar-refractivity contribution in [2.45, 2.75) is 73.4 Å². The van der Waals surface area contributed by atoms with Gasteiger partial charge in [-0.15, -0.1) is 15.7 Å². The van der Waals surface area contributed by atoms with Crippen LogP contribution in [0.15, 0.2) is 40.7 Å². The molecule has 0 unspecified atom stereocenters. The number of nitrogens with two attached hydrogens (primary N) is 1. The second kappa shape index (κ2) is 13.7. The summed E-state index contributed by atoms with van der Waals surface area (Å²) in [6.45, 7) is 21.6. The highest BCUT2D eigenvalue weighted by atomic mass is 15.7. The summed E-state index contributed by atoms with van der Waals surface area (Å²) in [5, 5.41) is 19.7. The van der Waals surface area contributed by atoms with E-state index in [4.69, 9.17) is 5.84 Å². The van der Waals surface area contributed by atoms with Gasteiger partial charge in [0.1, 0.15) is 0 Å². The molecule has 1 aromatic heterocycles. The predicted octanol–water partition coefficient (Wildman–Crippen LogP) is 2.96. The van der Waals surface area contributed by atoms with Crippen molar-refractivity contribution in [1.82, 2.24) is 36.3 Å². The number of hydrogen-bond acceptors (Lipinski definition) is 8. The lowest BCUT2D eigenvalue weighted by molar-refractivity contribution is 0.138. The maximum absolute atomic E-state index is 4.92. The van der Waals surface area contributed by atoms with Crippen LogP contribution >= 0.6 is 0 Å². The van der Waals surface area contributed by atoms with Gasteiger partial charge in [0.15, 0.2) is 0 Å². The Hall–Kier alpha value is -2.46. The maximum Gasteiger partial charge on any atom is 0.0796 e. The number of nitrogens with zero attached hydrogens (tertiary/aromatic N) is 6. The minimum absolute atomic E-state index is 0.0338. The molecule has 2 rings (SSSR count). The smallest absolute Gasteiger partial charge is 0.0796 e. The van der Waals surface area contributed by atoms with Gasteiger partial charge in [-0.3, -0.25) is 5.01 Å². The van der Waals surface area contributed by atoms with Crippen LogP contribution in [0.25, 0.3) is 0 Å². The summed E-state index contributed by atoms with van der Waals surface area (Å²) < 4.78 is 1.84. The molecule has 1 aliphatic rings. The summed E-state index contributed by atoms with van der Waals surface area (Å²) in [5.41, 5.74) is 8.83. The lowest BCUT2D eigenvalue weighted by Crippen LogP contribution is -2.47. The van der Waals surface area contributed by atoms with E-state index in [0.717, 1.165) is 11.4 Å². The third kappa shape index (κ3) is 11.9. The Morgan fingerprint density at radius 3 is 2.34 bits per heavy atom. The third-order valence-electron chi connectivity index (χ3n) is 3.34. The molecule has 1 aliphatic heterocycles. The minimum Gasteiger partial charge on any atom is -0.305 e. The van der Waals surface area contributed by atoms with Crippen LogP contribution in [0, 0.1) is 6.92 Å². The van der Waals surface area contributed by atoms with E-state index in [-0.39, 0.29) is 5.54 Å². The maximum atomic E-state index is 4.92. The summed E-state index contributed by atoms with van der Waals surface area (Å²) in [6, 6.07) is 0.422. The molecule has 0 fully saturated rings. The van der Waals surface area contributed by atoms with Crippen LogP contribution < -0.4 is 22.1 Å². The zero-order chi connectivity index (χ0) is 22.4. The van der Waals surface area contributed by atoms with Gasteiger partial charge in [0, 0.05) is 37.1 Å². The molecule has 0 aliphatic carbocycles. The molecule has 0 atom stereocenters. The molecular formula is C19H40N10. The molecule has 5 N–H and O–H groups in total. The molecule has 0 saturated heterocycles. The topological polar surface area (TPSA) is 121 Å². The van der Waals surface area contributed by atoms with E-state index in [1.165, 1.54) is 6.42 Å². The van der Waals surface area contributed by atoms with E-state index in [1.54, 1.807) is 0 Å². The van der Waals surface area contributed by atoms with Crippen LogP contribution in [0.3, 0.4) is 0 Å². The largest absolute Gasteiger partial charge is 0.305 e. The van der Waals surface area contributed by atoms with Crippen LogP contribution in [-0.2, 0) is 0 Å². The Morgan fingerprint density at radius 1 is 1.34 bits per heavy atom. The fourth-order valence-corrected chi connectivity index (χ4v) is 1.88. The van der Waals surface area contributed by atoms with Crippen LogP contribution in [-0.4, -0.2) is 38.6 Å². The highest BCUT2D eigenvalue weighted by molar-refractivity contribution is 5.07. The Morgan fingerprint density at radius 2 is 1.97 bits per heavy atom. The molecule has 0 radical (unpaired) electrons. The number of nitrogens with one attached hydrogen (secondary N) is 3. The van der Waals surface area contributed by atoms with Gasteiger partial charge in [-0.25, -0.2) is 4.68 Å². The van der Waals surface area contributed by atoms with Gasteiger partial charge in [-0.05, 0) is 41.5 Å². The molecule has 0 saturated carbocycles. The molecule has 0 amide bonds. The van der Waals surface area contributed by atoms with E-state index in [1.807, 2.05) is 29.0 Å². The Bertz CT molecular complexity index is 640. The molecule has 10 nitrogen and oxygen atoms in total. The molecule has 0 aromatic carbocycles. The average Bonchev–Trinajstić information content (AvgIpc) is 3.25. The zero-order valence-electron chi connectivity index (χ0n) is 19.3. The van der Waals surface area contributed by atoms with Crippen molar-refractivity contribution in [2.24, 2.45) is 16.2 Å². The molecule has 0 bridgehead atoms. The van der Waals surface area contributed by atoms with Gasteiger partial charge in [0.2, 0.25) is 0 Å². The molecule has 1 aromatic rings. The standard InChI is InChI=1S/C10H21N7.C6H11N3.C3H8/c1-8(13-15-11)5-12-6-9-7-17(16-14-9)10(2,3)4;1-5(2)9-4-6(3)7-8-9;1-3-2/h7,12,14,16H,1,5-6H2,2-4H3,(H2,11,13);4-5H,1-3H3;3H2,1-2H3. The summed E-state index contributed by atoms with van der Waals surface area (Å²) in [4.78, 5) is 0. The Labute approximate surface area is 175 Å². The van der Waals surface area contributed by atoms with E-state index in [9.17, 15) is 0 Å². The first kappa shape index (κ1) is 26.5. The number of hydrazine groups is 2. The van der Waals surface area contributed by atoms with E-state index >= 15 is 0 Å². The second-order valence-electron chi connectivity index (χ2n) is 7.96. The van der Waals surface area contributed by atoms with Crippen molar-refractivity contribution < 1.29 is 0 Å². The highest BCUT2D eigenvalue weighted by Gasteiger charge is 2.22. The van der Waals surface area contributed by atoms with E-state index < -0.39 is 0 Å². The highest BCUT2D eigenvalue weighted by Crippen LogP contribution is 2.14. The van der Waals surface area contributed by atoms with Crippen molar-refractivity contribution in [1.29, 1.82) is 0 Å². The second-order valence-corrected chi connectivity index (χ2v) is 7.96. The lowest BCUT2D eigenvalue weighted by atomic mass is 10.1. The molecular weight excluding hydrogens is 368 g/mol. The zero-order valence-corrected chi connectivity index (χ0v) is 19.3. The molecule has 29 heavy (non-hydrogen) atoms. The SMILES string of the molecule is C=C(CNCC1=CN(C(C)(C)C)NN1)N=NN.CCC.Cc1cn(C(C)C)nn1. The summed E-state index contributed by atoms with van der Waals surface area (Å²) >= 11 is 0. The van der Waals surface area contributed by atoms with Crippen LogP contribution in [0.1, 0.15) is 66.6 Å². The Balaban J connectivity index is 0.000000544. The first-order valence-corrected chi connectivity index (χ1v) is 9.94. The van der Waals surface area contributed by atoms with Gasteiger partial charge in [0.25, 0.3) is 0 Å². The van der Waals surface area contributed by atoms with Crippen molar-refractivity contribution in [2.75, 3.05) is 13.1 Å². The number of hydrogen-bond donors (Lipinski definition) is 4. The molecule has 10 heteroatoms. The Kier molecular flexibility index (Phi) is 12.5. The van der Waals surface area contributed by atoms with Crippen LogP contribution in [0.5, 0.6) is 0 Å². The number of aromatic nitrogens is 3. The van der Waals surface area contributed by atoms with Gasteiger partial charge in [-0.1, -0.05) is 37.3 Å². The van der Waals surface area contributed by atoms with Crippen LogP contribution in [0.4, 0.5) is 0 Å². The normalized spacial score (nSPS) is 13.4.